The van der Waals surface area contributed by atoms with Crippen molar-refractivity contribution in [3.63, 3.8) is 0 Å². The molecule has 0 radical (unpaired) electrons. The van der Waals surface area contributed by atoms with Gasteiger partial charge in [-0.2, -0.15) is 0 Å². The molecule has 0 unspecified atom stereocenters. The number of nitrogens with zero attached hydrogens (tertiary/aromatic N) is 1. The highest BCUT2D eigenvalue weighted by molar-refractivity contribution is 5.06. The molecule has 0 fully saturated rings. The van der Waals surface area contributed by atoms with Gasteiger partial charge < -0.3 is 9.73 Å². The Morgan fingerprint density at radius 3 is 2.88 bits per heavy atom. The van der Waals surface area contributed by atoms with E-state index in [1.165, 1.54) is 0 Å². The highest BCUT2D eigenvalue weighted by atomic mass is 16.3. The quantitative estimate of drug-likeness (QED) is 0.541. The van der Waals surface area contributed by atoms with Gasteiger partial charge in [0.15, 0.2) is 0 Å². The van der Waals surface area contributed by atoms with Gasteiger partial charge in [-0.3, -0.25) is 4.90 Å². The van der Waals surface area contributed by atoms with Crippen molar-refractivity contribution in [3.8, 4) is 0 Å². The molecule has 90 valence electrons. The van der Waals surface area contributed by atoms with Gasteiger partial charge in [0, 0.05) is 0 Å². The fourth-order valence-corrected chi connectivity index (χ4v) is 1.63. The number of unbranched alkanes of at least 4 members (excludes halogenated alkanes) is 1. The summed E-state index contributed by atoms with van der Waals surface area (Å²) in [7, 11) is 4.03. The molecule has 0 bridgehead atoms. The van der Waals surface area contributed by atoms with E-state index in [9.17, 15) is 0 Å². The predicted molar refractivity (Wildman–Crippen MR) is 67.2 cm³/mol. The normalized spacial score (nSPS) is 10.9. The summed E-state index contributed by atoms with van der Waals surface area (Å²) in [6.07, 6.45) is 4.20. The number of furan rings is 1. The molecule has 0 aliphatic carbocycles. The lowest BCUT2D eigenvalue weighted by Crippen LogP contribution is -2.18. The van der Waals surface area contributed by atoms with Crippen molar-refractivity contribution in [2.75, 3.05) is 20.6 Å². The van der Waals surface area contributed by atoms with Crippen LogP contribution in [0.5, 0.6) is 0 Å². The molecule has 16 heavy (non-hydrogen) atoms. The Labute approximate surface area is 98.1 Å². The molecule has 0 aliphatic heterocycles. The summed E-state index contributed by atoms with van der Waals surface area (Å²) in [6.45, 7) is 6.47. The molecule has 1 N–H and O–H groups in total. The largest absolute Gasteiger partial charge is 0.463 e. The third kappa shape index (κ3) is 4.64. The monoisotopic (exact) mass is 222 g/mol. The Morgan fingerprint density at radius 2 is 2.19 bits per heavy atom. The molecule has 0 aliphatic rings. The van der Waals surface area contributed by atoms with Gasteiger partial charge in [0.25, 0.3) is 0 Å². The first-order valence-corrected chi connectivity index (χ1v) is 5.78. The standard InChI is InChI=1S/C13H22N2O/c1-4-5-6-9-15(3)11-13-8-7-12(16-13)10-14-2/h4,7-8,14H,1,5-6,9-11H2,2-3H3. The van der Waals surface area contributed by atoms with Crippen molar-refractivity contribution < 1.29 is 4.42 Å². The van der Waals surface area contributed by atoms with E-state index >= 15 is 0 Å². The summed E-state index contributed by atoms with van der Waals surface area (Å²) in [6, 6.07) is 4.08. The Hall–Kier alpha value is -1.06. The second-order valence-electron chi connectivity index (χ2n) is 4.07. The van der Waals surface area contributed by atoms with Crippen molar-refractivity contribution in [1.29, 1.82) is 0 Å². The fraction of sp³-hybridized carbons (Fsp3) is 0.538. The Bertz CT molecular complexity index is 307. The maximum atomic E-state index is 5.68. The molecular formula is C13H22N2O. The maximum Gasteiger partial charge on any atom is 0.118 e. The van der Waals surface area contributed by atoms with E-state index in [-0.39, 0.29) is 0 Å². The van der Waals surface area contributed by atoms with Crippen molar-refractivity contribution in [2.24, 2.45) is 0 Å². The summed E-state index contributed by atoms with van der Waals surface area (Å²) in [4.78, 5) is 2.27. The lowest BCUT2D eigenvalue weighted by atomic mass is 10.3. The smallest absolute Gasteiger partial charge is 0.118 e. The predicted octanol–water partition coefficient (Wildman–Crippen LogP) is 2.40. The minimum Gasteiger partial charge on any atom is -0.463 e. The third-order valence-electron chi connectivity index (χ3n) is 2.44. The van der Waals surface area contributed by atoms with E-state index in [1.54, 1.807) is 0 Å². The summed E-state index contributed by atoms with van der Waals surface area (Å²) in [5.74, 6) is 2.03. The average Bonchev–Trinajstić information content (AvgIpc) is 2.66. The first-order valence-electron chi connectivity index (χ1n) is 5.78. The minimum absolute atomic E-state index is 0.792. The lowest BCUT2D eigenvalue weighted by Gasteiger charge is -2.14. The summed E-state index contributed by atoms with van der Waals surface area (Å²) < 4.78 is 5.68. The van der Waals surface area contributed by atoms with Crippen LogP contribution in [-0.4, -0.2) is 25.5 Å². The van der Waals surface area contributed by atoms with E-state index in [4.69, 9.17) is 4.42 Å². The van der Waals surface area contributed by atoms with E-state index in [0.717, 1.165) is 44.0 Å². The van der Waals surface area contributed by atoms with E-state index in [2.05, 4.69) is 29.9 Å². The summed E-state index contributed by atoms with van der Waals surface area (Å²) in [5.41, 5.74) is 0. The molecule has 0 atom stereocenters. The van der Waals surface area contributed by atoms with Gasteiger partial charge >= 0.3 is 0 Å². The molecule has 0 saturated heterocycles. The highest BCUT2D eigenvalue weighted by Gasteiger charge is 2.04. The van der Waals surface area contributed by atoms with Gasteiger partial charge in [0.05, 0.1) is 13.1 Å². The van der Waals surface area contributed by atoms with Crippen LogP contribution in [0.4, 0.5) is 0 Å². The van der Waals surface area contributed by atoms with Crippen LogP contribution in [0.25, 0.3) is 0 Å². The van der Waals surface area contributed by atoms with Crippen molar-refractivity contribution in [3.05, 3.63) is 36.3 Å². The van der Waals surface area contributed by atoms with Gasteiger partial charge in [-0.1, -0.05) is 6.08 Å². The van der Waals surface area contributed by atoms with Gasteiger partial charge in [0.1, 0.15) is 11.5 Å². The third-order valence-corrected chi connectivity index (χ3v) is 2.44. The zero-order valence-electron chi connectivity index (χ0n) is 10.3. The molecular weight excluding hydrogens is 200 g/mol. The summed E-state index contributed by atoms with van der Waals surface area (Å²) in [5, 5.41) is 3.07. The summed E-state index contributed by atoms with van der Waals surface area (Å²) >= 11 is 0. The highest BCUT2D eigenvalue weighted by Crippen LogP contribution is 2.10. The maximum absolute atomic E-state index is 5.68. The van der Waals surface area contributed by atoms with Crippen molar-refractivity contribution in [1.82, 2.24) is 10.2 Å². The van der Waals surface area contributed by atoms with E-state index < -0.39 is 0 Å². The molecule has 1 heterocycles. The van der Waals surface area contributed by atoms with Gasteiger partial charge in [0.2, 0.25) is 0 Å². The SMILES string of the molecule is C=CCCCN(C)Cc1ccc(CNC)o1. The van der Waals surface area contributed by atoms with Crippen LogP contribution in [0.3, 0.4) is 0 Å². The number of allylic oxidation sites excluding steroid dienone is 1. The van der Waals surface area contributed by atoms with E-state index in [1.807, 2.05) is 19.2 Å². The van der Waals surface area contributed by atoms with Gasteiger partial charge in [-0.15, -0.1) is 6.58 Å². The van der Waals surface area contributed by atoms with Crippen LogP contribution in [-0.2, 0) is 13.1 Å². The topological polar surface area (TPSA) is 28.4 Å². The number of hydrogen-bond acceptors (Lipinski definition) is 3. The number of rotatable bonds is 8. The van der Waals surface area contributed by atoms with Crippen molar-refractivity contribution in [2.45, 2.75) is 25.9 Å². The molecule has 3 heteroatoms. The Balaban J connectivity index is 2.31. The Kier molecular flexibility index (Phi) is 5.90. The van der Waals surface area contributed by atoms with Crippen LogP contribution >= 0.6 is 0 Å². The van der Waals surface area contributed by atoms with E-state index in [0.29, 0.717) is 0 Å². The van der Waals surface area contributed by atoms with Crippen molar-refractivity contribution >= 4 is 0 Å². The molecule has 1 aromatic rings. The zero-order valence-corrected chi connectivity index (χ0v) is 10.3. The van der Waals surface area contributed by atoms with Crippen LogP contribution < -0.4 is 5.32 Å². The first-order chi connectivity index (χ1) is 7.76. The van der Waals surface area contributed by atoms with Gasteiger partial charge in [-0.05, 0) is 45.6 Å². The number of nitrogens with one attached hydrogen (secondary N) is 1. The van der Waals surface area contributed by atoms with Crippen LogP contribution in [0, 0.1) is 0 Å². The first kappa shape index (κ1) is 13.0. The molecule has 3 nitrogen and oxygen atoms in total. The molecule has 0 spiro atoms. The molecule has 1 aromatic heterocycles. The average molecular weight is 222 g/mol. The van der Waals surface area contributed by atoms with Crippen LogP contribution in [0.2, 0.25) is 0 Å². The van der Waals surface area contributed by atoms with Gasteiger partial charge in [-0.25, -0.2) is 0 Å². The fourth-order valence-electron chi connectivity index (χ4n) is 1.63. The number of hydrogen-bond donors (Lipinski definition) is 1. The van der Waals surface area contributed by atoms with Crippen LogP contribution in [0.1, 0.15) is 24.4 Å². The minimum atomic E-state index is 0.792. The molecule has 0 saturated carbocycles. The molecule has 0 amide bonds. The Morgan fingerprint density at radius 1 is 1.44 bits per heavy atom. The second-order valence-corrected chi connectivity index (χ2v) is 4.07. The second kappa shape index (κ2) is 7.25. The van der Waals surface area contributed by atoms with Crippen LogP contribution in [0.15, 0.2) is 29.2 Å². The molecule has 0 aromatic carbocycles. The molecule has 1 rings (SSSR count). The lowest BCUT2D eigenvalue weighted by molar-refractivity contribution is 0.287. The zero-order chi connectivity index (χ0) is 11.8.